The van der Waals surface area contributed by atoms with Crippen LogP contribution in [-0.2, 0) is 13.2 Å². The molecule has 0 aliphatic carbocycles. The van der Waals surface area contributed by atoms with Gasteiger partial charge in [-0.1, -0.05) is 17.4 Å². The van der Waals surface area contributed by atoms with E-state index in [9.17, 15) is 18.0 Å². The average Bonchev–Trinajstić information content (AvgIpc) is 3.36. The Morgan fingerprint density at radius 1 is 1.28 bits per heavy atom. The predicted octanol–water partition coefficient (Wildman–Crippen LogP) is 4.08. The summed E-state index contributed by atoms with van der Waals surface area (Å²) in [6, 6.07) is 3.70. The van der Waals surface area contributed by atoms with Crippen molar-refractivity contribution in [3.63, 3.8) is 0 Å². The van der Waals surface area contributed by atoms with E-state index < -0.39 is 17.8 Å². The molecule has 0 spiro atoms. The van der Waals surface area contributed by atoms with Crippen LogP contribution in [-0.4, -0.2) is 30.9 Å². The fourth-order valence-electron chi connectivity index (χ4n) is 2.81. The monoisotopic (exact) mass is 421 g/mol. The van der Waals surface area contributed by atoms with Crippen molar-refractivity contribution in [1.82, 2.24) is 25.0 Å². The van der Waals surface area contributed by atoms with E-state index in [-0.39, 0.29) is 15.7 Å². The predicted molar refractivity (Wildman–Crippen MR) is 102 cm³/mol. The van der Waals surface area contributed by atoms with Crippen LogP contribution in [0.15, 0.2) is 30.7 Å². The minimum atomic E-state index is -4.61. The first-order valence-electron chi connectivity index (χ1n) is 8.30. The van der Waals surface area contributed by atoms with Crippen LogP contribution in [0, 0.1) is 6.92 Å². The van der Waals surface area contributed by atoms with Crippen molar-refractivity contribution >= 4 is 44.7 Å². The average molecular weight is 421 g/mol. The van der Waals surface area contributed by atoms with Gasteiger partial charge in [-0.05, 0) is 18.6 Å². The molecule has 3 heterocycles. The smallest absolute Gasteiger partial charge is 0.328 e. The molecule has 150 valence electrons. The van der Waals surface area contributed by atoms with Gasteiger partial charge >= 0.3 is 6.18 Å². The number of halogens is 3. The second kappa shape index (κ2) is 6.88. The Kier molecular flexibility index (Phi) is 4.49. The van der Waals surface area contributed by atoms with E-state index in [2.05, 4.69) is 30.9 Å². The Morgan fingerprint density at radius 2 is 2.07 bits per heavy atom. The first kappa shape index (κ1) is 18.9. The van der Waals surface area contributed by atoms with Gasteiger partial charge in [-0.15, -0.1) is 0 Å². The fraction of sp³-hybridized carbons (Fsp3) is 0.176. The molecule has 0 aliphatic rings. The number of aryl methyl sites for hydroxylation is 2. The number of nitrogens with one attached hydrogen (secondary N) is 3. The van der Waals surface area contributed by atoms with E-state index >= 15 is 0 Å². The van der Waals surface area contributed by atoms with E-state index in [1.165, 1.54) is 19.4 Å². The zero-order valence-corrected chi connectivity index (χ0v) is 15.9. The summed E-state index contributed by atoms with van der Waals surface area (Å²) in [4.78, 5) is 16.9. The van der Waals surface area contributed by atoms with Gasteiger partial charge in [0.1, 0.15) is 4.88 Å². The number of hydrogen-bond acceptors (Lipinski definition) is 6. The number of carbonyl (C=O) groups is 1. The lowest BCUT2D eigenvalue weighted by atomic mass is 10.1. The van der Waals surface area contributed by atoms with Crippen molar-refractivity contribution in [2.24, 2.45) is 7.05 Å². The topological polar surface area (TPSA) is 101 Å². The summed E-state index contributed by atoms with van der Waals surface area (Å²) in [7, 11) is 1.39. The molecule has 0 atom stereocenters. The number of nitrogens with zero attached hydrogens (tertiary/aromatic N) is 4. The first-order chi connectivity index (χ1) is 13.7. The number of amides is 1. The standard InChI is InChI=1S/C17H14F3N7OS/c1-8-3-4-10-9(5-22-25-10)13(8)24-15(28)12-6-21-16(29-12)23-11-7-27(2)26-14(11)17(18,19)20/h3-7H,1-2H3,(H,21,23)(H,22,25)(H,24,28). The number of anilines is 3. The fourth-order valence-corrected chi connectivity index (χ4v) is 3.53. The molecule has 0 fully saturated rings. The number of rotatable bonds is 4. The molecule has 0 saturated carbocycles. The van der Waals surface area contributed by atoms with Crippen LogP contribution in [0.25, 0.3) is 10.9 Å². The van der Waals surface area contributed by atoms with Crippen molar-refractivity contribution in [2.75, 3.05) is 10.6 Å². The molecule has 4 rings (SSSR count). The molecule has 0 aliphatic heterocycles. The largest absolute Gasteiger partial charge is 0.437 e. The van der Waals surface area contributed by atoms with E-state index in [0.717, 1.165) is 32.5 Å². The lowest BCUT2D eigenvalue weighted by Crippen LogP contribution is -2.11. The van der Waals surface area contributed by atoms with Crippen molar-refractivity contribution in [3.05, 3.63) is 46.9 Å². The third-order valence-electron chi connectivity index (χ3n) is 4.14. The zero-order valence-electron chi connectivity index (χ0n) is 15.1. The highest BCUT2D eigenvalue weighted by molar-refractivity contribution is 7.17. The van der Waals surface area contributed by atoms with Crippen LogP contribution < -0.4 is 10.6 Å². The van der Waals surface area contributed by atoms with E-state index in [4.69, 9.17) is 0 Å². The third kappa shape index (κ3) is 3.66. The van der Waals surface area contributed by atoms with Crippen molar-refractivity contribution in [1.29, 1.82) is 0 Å². The van der Waals surface area contributed by atoms with Gasteiger partial charge in [0.05, 0.1) is 29.3 Å². The summed E-state index contributed by atoms with van der Waals surface area (Å²) in [6.45, 7) is 1.85. The highest BCUT2D eigenvalue weighted by atomic mass is 32.1. The van der Waals surface area contributed by atoms with Gasteiger partial charge in [-0.3, -0.25) is 14.6 Å². The summed E-state index contributed by atoms with van der Waals surface area (Å²) in [6.07, 6.45) is -0.496. The number of fused-ring (bicyclic) bond motifs is 1. The maximum Gasteiger partial charge on any atom is 0.437 e. The zero-order chi connectivity index (χ0) is 20.8. The highest BCUT2D eigenvalue weighted by Gasteiger charge is 2.37. The molecule has 0 unspecified atom stereocenters. The van der Waals surface area contributed by atoms with Crippen molar-refractivity contribution in [3.8, 4) is 0 Å². The number of aromatic nitrogens is 5. The van der Waals surface area contributed by atoms with Crippen LogP contribution in [0.4, 0.5) is 29.7 Å². The summed E-state index contributed by atoms with van der Waals surface area (Å²) in [5.41, 5.74) is 0.939. The molecule has 8 nitrogen and oxygen atoms in total. The molecule has 12 heteroatoms. The number of thiazole rings is 1. The Bertz CT molecular complexity index is 1210. The second-order valence-corrected chi connectivity index (χ2v) is 7.29. The van der Waals surface area contributed by atoms with Crippen LogP contribution in [0.3, 0.4) is 0 Å². The van der Waals surface area contributed by atoms with Crippen molar-refractivity contribution < 1.29 is 18.0 Å². The van der Waals surface area contributed by atoms with Gasteiger partial charge in [0, 0.05) is 18.6 Å². The Morgan fingerprint density at radius 3 is 2.83 bits per heavy atom. The maximum atomic E-state index is 13.1. The molecule has 3 N–H and O–H groups in total. The quantitative estimate of drug-likeness (QED) is 0.461. The number of H-pyrrole nitrogens is 1. The van der Waals surface area contributed by atoms with Crippen LogP contribution in [0.1, 0.15) is 20.9 Å². The van der Waals surface area contributed by atoms with Gasteiger partial charge < -0.3 is 10.6 Å². The number of aromatic amines is 1. The number of alkyl halides is 3. The molecule has 0 bridgehead atoms. The van der Waals surface area contributed by atoms with Gasteiger partial charge in [-0.2, -0.15) is 23.4 Å². The van der Waals surface area contributed by atoms with E-state index in [0.29, 0.717) is 5.69 Å². The van der Waals surface area contributed by atoms with E-state index in [1.807, 2.05) is 19.1 Å². The second-order valence-electron chi connectivity index (χ2n) is 6.26. The van der Waals surface area contributed by atoms with Gasteiger partial charge in [0.25, 0.3) is 5.91 Å². The van der Waals surface area contributed by atoms with E-state index in [1.54, 1.807) is 6.20 Å². The Labute approximate surface area is 165 Å². The number of benzene rings is 1. The summed E-state index contributed by atoms with van der Waals surface area (Å²) >= 11 is 0.935. The molecule has 1 aromatic carbocycles. The SMILES string of the molecule is Cc1ccc2[nH]ncc2c1NC(=O)c1cnc(Nc2cn(C)nc2C(F)(F)F)s1. The minimum Gasteiger partial charge on any atom is -0.328 e. The molecular weight excluding hydrogens is 407 g/mol. The molecule has 29 heavy (non-hydrogen) atoms. The molecule has 0 radical (unpaired) electrons. The molecule has 0 saturated heterocycles. The summed E-state index contributed by atoms with van der Waals surface area (Å²) in [5.74, 6) is -0.422. The lowest BCUT2D eigenvalue weighted by Gasteiger charge is -2.08. The molecule has 3 aromatic heterocycles. The molecule has 1 amide bonds. The Hall–Kier alpha value is -3.41. The lowest BCUT2D eigenvalue weighted by molar-refractivity contribution is -0.140. The first-order valence-corrected chi connectivity index (χ1v) is 9.12. The summed E-state index contributed by atoms with van der Waals surface area (Å²) < 4.78 is 40.3. The maximum absolute atomic E-state index is 13.1. The Balaban J connectivity index is 1.56. The van der Waals surface area contributed by atoms with Crippen LogP contribution >= 0.6 is 11.3 Å². The van der Waals surface area contributed by atoms with Gasteiger partial charge in [0.15, 0.2) is 10.8 Å². The van der Waals surface area contributed by atoms with Crippen LogP contribution in [0.5, 0.6) is 0 Å². The van der Waals surface area contributed by atoms with Gasteiger partial charge in [-0.25, -0.2) is 4.98 Å². The van der Waals surface area contributed by atoms with Gasteiger partial charge in [0.2, 0.25) is 0 Å². The summed E-state index contributed by atoms with van der Waals surface area (Å²) in [5, 5.41) is 16.5. The minimum absolute atomic E-state index is 0.145. The molecule has 4 aromatic rings. The van der Waals surface area contributed by atoms with Crippen molar-refractivity contribution in [2.45, 2.75) is 13.1 Å². The number of hydrogen-bond donors (Lipinski definition) is 3. The highest BCUT2D eigenvalue weighted by Crippen LogP contribution is 2.35. The number of carbonyl (C=O) groups excluding carboxylic acids is 1. The third-order valence-corrected chi connectivity index (χ3v) is 5.05. The molecular formula is C17H14F3N7OS. The van der Waals surface area contributed by atoms with Crippen LogP contribution in [0.2, 0.25) is 0 Å². The normalized spacial score (nSPS) is 11.8.